The number of amides is 2. The topological polar surface area (TPSA) is 62.6 Å². The molecule has 2 amide bonds. The van der Waals surface area contributed by atoms with E-state index in [0.717, 1.165) is 21.7 Å². The van der Waals surface area contributed by atoms with Gasteiger partial charge in [-0.05, 0) is 39.3 Å². The second kappa shape index (κ2) is 8.82. The van der Waals surface area contributed by atoms with Gasteiger partial charge in [0.15, 0.2) is 12.6 Å². The number of nitrogens with one attached hydrogen (secondary N) is 3. The van der Waals surface area contributed by atoms with Crippen molar-refractivity contribution >= 4 is 17.5 Å². The summed E-state index contributed by atoms with van der Waals surface area (Å²) in [5.41, 5.74) is 2.51. The summed E-state index contributed by atoms with van der Waals surface area (Å²) in [6, 6.07) is 17.3. The highest BCUT2D eigenvalue weighted by atomic mass is 16.2. The van der Waals surface area contributed by atoms with Crippen molar-refractivity contribution in [1.82, 2.24) is 5.32 Å². The van der Waals surface area contributed by atoms with Crippen LogP contribution in [0.4, 0.5) is 5.69 Å². The van der Waals surface area contributed by atoms with Crippen LogP contribution in [0, 0.1) is 0 Å². The van der Waals surface area contributed by atoms with Crippen molar-refractivity contribution in [3.8, 4) is 11.1 Å². The molecule has 0 heterocycles. The summed E-state index contributed by atoms with van der Waals surface area (Å²) in [6.07, 6.45) is 0. The van der Waals surface area contributed by atoms with Gasteiger partial charge in [0.1, 0.15) is 0 Å². The fraction of sp³-hybridized carbons (Fsp3) is 0.364. The molecule has 0 saturated heterocycles. The molecule has 0 aliphatic rings. The van der Waals surface area contributed by atoms with Crippen molar-refractivity contribution in [2.24, 2.45) is 0 Å². The summed E-state index contributed by atoms with van der Waals surface area (Å²) in [7, 11) is 1.86. The monoisotopic (exact) mass is 368 g/mol. The first-order valence-electron chi connectivity index (χ1n) is 9.26. The van der Waals surface area contributed by atoms with Crippen LogP contribution >= 0.6 is 0 Å². The number of carbonyl (C=O) groups excluding carboxylic acids is 2. The van der Waals surface area contributed by atoms with Gasteiger partial charge >= 0.3 is 0 Å². The standard InChI is InChI=1S/C22H29N3O2/c1-16(25(5)15-20(26)24-22(2,3)4)21(27)23-19-14-10-9-13-18(19)17-11-7-6-8-12-17/h6-14,16H,15H2,1-5H3,(H,23,27)(H,24,26)/p+1/t16-/m1/s1. The van der Waals surface area contributed by atoms with Gasteiger partial charge in [-0.15, -0.1) is 0 Å². The van der Waals surface area contributed by atoms with Crippen LogP contribution in [0.3, 0.4) is 0 Å². The van der Waals surface area contributed by atoms with E-state index in [1.54, 1.807) is 0 Å². The van der Waals surface area contributed by atoms with Crippen LogP contribution in [0.25, 0.3) is 11.1 Å². The Morgan fingerprint density at radius 3 is 2.22 bits per heavy atom. The van der Waals surface area contributed by atoms with Crippen LogP contribution in [-0.2, 0) is 9.59 Å². The summed E-state index contributed by atoms with van der Waals surface area (Å²) < 4.78 is 0. The Kier molecular flexibility index (Phi) is 6.75. The minimum Gasteiger partial charge on any atom is -0.347 e. The molecule has 5 heteroatoms. The first-order valence-corrected chi connectivity index (χ1v) is 9.26. The van der Waals surface area contributed by atoms with Gasteiger partial charge in [-0.1, -0.05) is 48.5 Å². The number of carbonyl (C=O) groups is 2. The molecule has 0 aliphatic heterocycles. The highest BCUT2D eigenvalue weighted by molar-refractivity contribution is 5.97. The van der Waals surface area contributed by atoms with Gasteiger partial charge in [0.05, 0.1) is 7.05 Å². The summed E-state index contributed by atoms with van der Waals surface area (Å²) >= 11 is 0. The molecular formula is C22H30N3O2+. The molecule has 1 unspecified atom stereocenters. The van der Waals surface area contributed by atoms with Crippen molar-refractivity contribution in [3.63, 3.8) is 0 Å². The van der Waals surface area contributed by atoms with Crippen LogP contribution in [0.1, 0.15) is 27.7 Å². The van der Waals surface area contributed by atoms with Gasteiger partial charge in [-0.2, -0.15) is 0 Å². The average molecular weight is 369 g/mol. The summed E-state index contributed by atoms with van der Waals surface area (Å²) in [5.74, 6) is -0.177. The predicted molar refractivity (Wildman–Crippen MR) is 110 cm³/mol. The van der Waals surface area contributed by atoms with E-state index < -0.39 is 0 Å². The molecule has 27 heavy (non-hydrogen) atoms. The number of likely N-dealkylation sites (N-methyl/N-ethyl adjacent to an activating group) is 1. The molecule has 0 fully saturated rings. The Labute approximate surface area is 161 Å². The van der Waals surface area contributed by atoms with E-state index >= 15 is 0 Å². The van der Waals surface area contributed by atoms with Gasteiger partial charge in [0.25, 0.3) is 11.8 Å². The highest BCUT2D eigenvalue weighted by Crippen LogP contribution is 2.27. The lowest BCUT2D eigenvalue weighted by Crippen LogP contribution is -3.15. The number of benzene rings is 2. The smallest absolute Gasteiger partial charge is 0.282 e. The van der Waals surface area contributed by atoms with E-state index in [9.17, 15) is 9.59 Å². The van der Waals surface area contributed by atoms with E-state index in [0.29, 0.717) is 0 Å². The van der Waals surface area contributed by atoms with E-state index in [-0.39, 0.29) is 29.9 Å². The lowest BCUT2D eigenvalue weighted by Gasteiger charge is -2.24. The molecule has 0 spiro atoms. The maximum Gasteiger partial charge on any atom is 0.282 e. The van der Waals surface area contributed by atoms with Crippen molar-refractivity contribution in [2.45, 2.75) is 39.3 Å². The first kappa shape index (κ1) is 20.6. The van der Waals surface area contributed by atoms with Crippen LogP contribution in [0.2, 0.25) is 0 Å². The first-order chi connectivity index (χ1) is 12.7. The average Bonchev–Trinajstić information content (AvgIpc) is 2.60. The third-order valence-electron chi connectivity index (χ3n) is 4.36. The van der Waals surface area contributed by atoms with Crippen molar-refractivity contribution in [2.75, 3.05) is 18.9 Å². The van der Waals surface area contributed by atoms with Crippen LogP contribution in [0.5, 0.6) is 0 Å². The van der Waals surface area contributed by atoms with Gasteiger partial charge in [0, 0.05) is 16.8 Å². The molecule has 2 rings (SSSR count). The number of rotatable bonds is 6. The third-order valence-corrected chi connectivity index (χ3v) is 4.36. The third kappa shape index (κ3) is 6.22. The minimum atomic E-state index is -0.362. The molecule has 2 aromatic carbocycles. The SMILES string of the molecule is C[C@H](C(=O)Nc1ccccc1-c1ccccc1)[NH+](C)CC(=O)NC(C)(C)C. The molecule has 144 valence electrons. The maximum absolute atomic E-state index is 12.7. The Balaban J connectivity index is 2.06. The summed E-state index contributed by atoms with van der Waals surface area (Å²) in [6.45, 7) is 7.90. The quantitative estimate of drug-likeness (QED) is 0.731. The lowest BCUT2D eigenvalue weighted by molar-refractivity contribution is -0.885. The van der Waals surface area contributed by atoms with Crippen molar-refractivity contribution in [3.05, 3.63) is 54.6 Å². The molecule has 5 nitrogen and oxygen atoms in total. The number of para-hydroxylation sites is 1. The number of anilines is 1. The maximum atomic E-state index is 12.7. The molecule has 0 saturated carbocycles. The number of hydrogen-bond acceptors (Lipinski definition) is 2. The Hall–Kier alpha value is -2.66. The minimum absolute atomic E-state index is 0.0654. The van der Waals surface area contributed by atoms with Gasteiger partial charge in [-0.3, -0.25) is 9.59 Å². The molecule has 2 atom stereocenters. The normalized spacial score (nSPS) is 13.5. The Bertz CT molecular complexity index is 782. The zero-order valence-electron chi connectivity index (χ0n) is 16.8. The molecular weight excluding hydrogens is 338 g/mol. The highest BCUT2D eigenvalue weighted by Gasteiger charge is 2.26. The van der Waals surface area contributed by atoms with Gasteiger partial charge in [-0.25, -0.2) is 0 Å². The fourth-order valence-corrected chi connectivity index (χ4v) is 2.80. The molecule has 0 bridgehead atoms. The molecule has 3 N–H and O–H groups in total. The Morgan fingerprint density at radius 1 is 1.00 bits per heavy atom. The summed E-state index contributed by atoms with van der Waals surface area (Å²) in [5, 5.41) is 5.95. The van der Waals surface area contributed by atoms with E-state index in [1.807, 2.05) is 89.3 Å². The molecule has 0 aromatic heterocycles. The number of hydrogen-bond donors (Lipinski definition) is 3. The van der Waals surface area contributed by atoms with Crippen molar-refractivity contribution in [1.29, 1.82) is 0 Å². The number of quaternary nitrogens is 1. The zero-order valence-corrected chi connectivity index (χ0v) is 16.8. The largest absolute Gasteiger partial charge is 0.347 e. The molecule has 2 aromatic rings. The van der Waals surface area contributed by atoms with E-state index in [1.165, 1.54) is 0 Å². The second-order valence-corrected chi connectivity index (χ2v) is 7.94. The van der Waals surface area contributed by atoms with Crippen molar-refractivity contribution < 1.29 is 14.5 Å². The van der Waals surface area contributed by atoms with Crippen LogP contribution in [-0.4, -0.2) is 37.0 Å². The fourth-order valence-electron chi connectivity index (χ4n) is 2.80. The lowest BCUT2D eigenvalue weighted by atomic mass is 10.0. The molecule has 0 radical (unpaired) electrons. The van der Waals surface area contributed by atoms with E-state index in [2.05, 4.69) is 10.6 Å². The van der Waals surface area contributed by atoms with E-state index in [4.69, 9.17) is 0 Å². The predicted octanol–water partition coefficient (Wildman–Crippen LogP) is 2.11. The van der Waals surface area contributed by atoms with Gasteiger partial charge in [0.2, 0.25) is 0 Å². The van der Waals surface area contributed by atoms with Gasteiger partial charge < -0.3 is 15.5 Å². The Morgan fingerprint density at radius 2 is 1.59 bits per heavy atom. The van der Waals surface area contributed by atoms with Crippen LogP contribution in [0.15, 0.2) is 54.6 Å². The summed E-state index contributed by atoms with van der Waals surface area (Å²) in [4.78, 5) is 25.7. The zero-order chi connectivity index (χ0) is 20.0. The second-order valence-electron chi connectivity index (χ2n) is 7.94. The molecule has 0 aliphatic carbocycles. The van der Waals surface area contributed by atoms with Crippen LogP contribution < -0.4 is 15.5 Å².